The first-order valence-electron chi connectivity index (χ1n) is 9.76. The number of benzene rings is 3. The van der Waals surface area contributed by atoms with E-state index in [9.17, 15) is 14.9 Å². The lowest BCUT2D eigenvalue weighted by atomic mass is 10.1. The smallest absolute Gasteiger partial charge is 0.363 e. The number of halogens is 1. The van der Waals surface area contributed by atoms with Gasteiger partial charge in [0.2, 0.25) is 5.90 Å². The fourth-order valence-electron chi connectivity index (χ4n) is 3.10. The van der Waals surface area contributed by atoms with Gasteiger partial charge in [0.1, 0.15) is 6.61 Å². The van der Waals surface area contributed by atoms with Gasteiger partial charge in [0.25, 0.3) is 5.69 Å². The molecule has 3 aromatic rings. The first-order chi connectivity index (χ1) is 15.9. The summed E-state index contributed by atoms with van der Waals surface area (Å²) in [7, 11) is 1.47. The van der Waals surface area contributed by atoms with Crippen molar-refractivity contribution in [1.29, 1.82) is 0 Å². The molecule has 0 unspecified atom stereocenters. The number of aliphatic imine (C=N–C) groups is 1. The number of esters is 1. The number of hydrogen-bond acceptors (Lipinski definition) is 7. The molecule has 166 valence electrons. The van der Waals surface area contributed by atoms with E-state index in [0.29, 0.717) is 22.6 Å². The summed E-state index contributed by atoms with van der Waals surface area (Å²) in [6, 6.07) is 18.4. The Hall–Kier alpha value is -4.17. The van der Waals surface area contributed by atoms with E-state index in [0.717, 1.165) is 5.56 Å². The van der Waals surface area contributed by atoms with Gasteiger partial charge in [-0.3, -0.25) is 10.1 Å². The van der Waals surface area contributed by atoms with Gasteiger partial charge in [0.15, 0.2) is 17.2 Å². The van der Waals surface area contributed by atoms with E-state index in [4.69, 9.17) is 25.8 Å². The summed E-state index contributed by atoms with van der Waals surface area (Å²) in [4.78, 5) is 26.9. The van der Waals surface area contributed by atoms with Crippen LogP contribution in [0.25, 0.3) is 6.08 Å². The van der Waals surface area contributed by atoms with Gasteiger partial charge in [0, 0.05) is 17.7 Å². The van der Waals surface area contributed by atoms with Gasteiger partial charge >= 0.3 is 5.97 Å². The van der Waals surface area contributed by atoms with E-state index in [1.165, 1.54) is 19.2 Å². The summed E-state index contributed by atoms with van der Waals surface area (Å²) in [5, 5.41) is 11.1. The van der Waals surface area contributed by atoms with Crippen LogP contribution < -0.4 is 9.47 Å². The maximum absolute atomic E-state index is 12.3. The third-order valence-electron chi connectivity index (χ3n) is 4.73. The number of rotatable bonds is 7. The summed E-state index contributed by atoms with van der Waals surface area (Å²) in [5.74, 6) is 0.326. The second-order valence-electron chi connectivity index (χ2n) is 6.95. The lowest BCUT2D eigenvalue weighted by Crippen LogP contribution is -2.05. The van der Waals surface area contributed by atoms with Crippen LogP contribution >= 0.6 is 11.6 Å². The molecule has 9 heteroatoms. The molecule has 0 N–H and O–H groups in total. The van der Waals surface area contributed by atoms with E-state index in [-0.39, 0.29) is 28.9 Å². The number of carbonyl (C=O) groups is 1. The minimum absolute atomic E-state index is 0.00438. The maximum Gasteiger partial charge on any atom is 0.363 e. The highest BCUT2D eigenvalue weighted by molar-refractivity contribution is 6.32. The molecule has 0 saturated carbocycles. The molecule has 4 rings (SSSR count). The molecule has 0 amide bonds. The number of non-ortho nitro benzene ring substituents is 1. The molecule has 1 heterocycles. The van der Waals surface area contributed by atoms with Gasteiger partial charge < -0.3 is 14.2 Å². The minimum atomic E-state index is -0.567. The molecule has 0 saturated heterocycles. The van der Waals surface area contributed by atoms with Crippen molar-refractivity contribution in [2.75, 3.05) is 7.11 Å². The van der Waals surface area contributed by atoms with Crippen molar-refractivity contribution in [1.82, 2.24) is 0 Å². The van der Waals surface area contributed by atoms with Crippen LogP contribution in [0.2, 0.25) is 5.02 Å². The summed E-state index contributed by atoms with van der Waals surface area (Å²) >= 11 is 6.42. The summed E-state index contributed by atoms with van der Waals surface area (Å²) in [6.07, 6.45) is 1.55. The van der Waals surface area contributed by atoms with Crippen molar-refractivity contribution in [3.05, 3.63) is 104 Å². The Labute approximate surface area is 193 Å². The highest BCUT2D eigenvalue weighted by Gasteiger charge is 2.24. The predicted octanol–water partition coefficient (Wildman–Crippen LogP) is 5.18. The average Bonchev–Trinajstić information content (AvgIpc) is 3.19. The lowest BCUT2D eigenvalue weighted by Gasteiger charge is -2.13. The number of nitro benzene ring substituents is 1. The Morgan fingerprint density at radius 1 is 1.12 bits per heavy atom. The van der Waals surface area contributed by atoms with Crippen molar-refractivity contribution in [3.63, 3.8) is 0 Å². The van der Waals surface area contributed by atoms with Gasteiger partial charge in [-0.15, -0.1) is 0 Å². The molecule has 3 aromatic carbocycles. The van der Waals surface area contributed by atoms with Crippen LogP contribution in [0.15, 0.2) is 77.4 Å². The molecule has 0 spiro atoms. The molecule has 0 fully saturated rings. The Morgan fingerprint density at radius 3 is 2.52 bits per heavy atom. The fraction of sp³-hybridized carbons (Fsp3) is 0.0833. The number of methoxy groups -OCH3 is 1. The van der Waals surface area contributed by atoms with Crippen LogP contribution in [0.5, 0.6) is 11.5 Å². The number of hydrogen-bond donors (Lipinski definition) is 0. The van der Waals surface area contributed by atoms with Crippen LogP contribution in [0.1, 0.15) is 16.7 Å². The first-order valence-corrected chi connectivity index (χ1v) is 10.1. The third-order valence-corrected chi connectivity index (χ3v) is 5.01. The molecule has 0 atom stereocenters. The molecule has 0 bridgehead atoms. The van der Waals surface area contributed by atoms with E-state index in [1.54, 1.807) is 42.5 Å². The Kier molecular flexibility index (Phi) is 6.37. The SMILES string of the molecule is COc1cc(/C=C2\N=C(c3ccccc3)OC2=O)cc(Cl)c1OCc1ccc([N+](=O)[O-])cc1. The van der Waals surface area contributed by atoms with Crippen LogP contribution in [0, 0.1) is 10.1 Å². The lowest BCUT2D eigenvalue weighted by molar-refractivity contribution is -0.384. The van der Waals surface area contributed by atoms with Gasteiger partial charge in [-0.05, 0) is 53.6 Å². The first kappa shape index (κ1) is 22.0. The van der Waals surface area contributed by atoms with Crippen LogP contribution in [0.3, 0.4) is 0 Å². The summed E-state index contributed by atoms with van der Waals surface area (Å²) in [6.45, 7) is 0.131. The van der Waals surface area contributed by atoms with Crippen LogP contribution in [0.4, 0.5) is 5.69 Å². The van der Waals surface area contributed by atoms with Crippen LogP contribution in [-0.2, 0) is 16.1 Å². The van der Waals surface area contributed by atoms with Crippen molar-refractivity contribution in [3.8, 4) is 11.5 Å². The summed E-state index contributed by atoms with van der Waals surface area (Å²) in [5.41, 5.74) is 2.12. The normalized spacial score (nSPS) is 14.1. The van der Waals surface area contributed by atoms with Gasteiger partial charge in [-0.2, -0.15) is 0 Å². The quantitative estimate of drug-likeness (QED) is 0.207. The standard InChI is InChI=1S/C24H17ClN2O6/c1-31-21-13-16(12-20-24(28)33-23(26-20)17-5-3-2-4-6-17)11-19(25)22(21)32-14-15-7-9-18(10-8-15)27(29)30/h2-13H,14H2,1H3/b20-12-. The van der Waals surface area contributed by atoms with E-state index in [1.807, 2.05) is 18.2 Å². The molecule has 0 aliphatic carbocycles. The Bertz CT molecular complexity index is 1270. The Morgan fingerprint density at radius 2 is 1.85 bits per heavy atom. The molecule has 0 radical (unpaired) electrons. The van der Waals surface area contributed by atoms with Gasteiger partial charge in [-0.25, -0.2) is 9.79 Å². The second kappa shape index (κ2) is 9.54. The van der Waals surface area contributed by atoms with Crippen molar-refractivity contribution >= 4 is 35.2 Å². The maximum atomic E-state index is 12.3. The van der Waals surface area contributed by atoms with Crippen molar-refractivity contribution in [2.45, 2.75) is 6.61 Å². The number of nitro groups is 1. The molecular weight excluding hydrogens is 448 g/mol. The average molecular weight is 465 g/mol. The van der Waals surface area contributed by atoms with Crippen molar-refractivity contribution in [2.24, 2.45) is 4.99 Å². The minimum Gasteiger partial charge on any atom is -0.493 e. The highest BCUT2D eigenvalue weighted by atomic mass is 35.5. The zero-order valence-corrected chi connectivity index (χ0v) is 18.1. The zero-order chi connectivity index (χ0) is 23.4. The largest absolute Gasteiger partial charge is 0.493 e. The van der Waals surface area contributed by atoms with E-state index >= 15 is 0 Å². The van der Waals surface area contributed by atoms with Crippen LogP contribution in [-0.4, -0.2) is 23.9 Å². The van der Waals surface area contributed by atoms with Crippen molar-refractivity contribution < 1.29 is 23.9 Å². The number of carbonyl (C=O) groups excluding carboxylic acids is 1. The molecule has 1 aliphatic heterocycles. The number of ether oxygens (including phenoxy) is 3. The topological polar surface area (TPSA) is 100 Å². The van der Waals surface area contributed by atoms with E-state index in [2.05, 4.69) is 4.99 Å². The van der Waals surface area contributed by atoms with Gasteiger partial charge in [0.05, 0.1) is 17.1 Å². The molecule has 8 nitrogen and oxygen atoms in total. The monoisotopic (exact) mass is 464 g/mol. The van der Waals surface area contributed by atoms with E-state index < -0.39 is 10.9 Å². The van der Waals surface area contributed by atoms with Gasteiger partial charge in [-0.1, -0.05) is 29.8 Å². The second-order valence-corrected chi connectivity index (χ2v) is 7.36. The number of cyclic esters (lactones) is 1. The molecule has 33 heavy (non-hydrogen) atoms. The fourth-order valence-corrected chi connectivity index (χ4v) is 3.38. The Balaban J connectivity index is 1.55. The molecular formula is C24H17ClN2O6. The highest BCUT2D eigenvalue weighted by Crippen LogP contribution is 2.38. The molecule has 1 aliphatic rings. The number of nitrogens with zero attached hydrogens (tertiary/aromatic N) is 2. The summed E-state index contributed by atoms with van der Waals surface area (Å²) < 4.78 is 16.5. The zero-order valence-electron chi connectivity index (χ0n) is 17.4. The third kappa shape index (κ3) is 5.02. The predicted molar refractivity (Wildman–Crippen MR) is 122 cm³/mol. The molecule has 0 aromatic heterocycles.